The zero-order chi connectivity index (χ0) is 23.4. The number of halogens is 3. The fourth-order valence-corrected chi connectivity index (χ4v) is 4.40. The largest absolute Gasteiger partial charge is 0.573 e. The summed E-state index contributed by atoms with van der Waals surface area (Å²) in [6, 6.07) is 21.3. The molecule has 0 saturated heterocycles. The van der Waals surface area contributed by atoms with Crippen molar-refractivity contribution in [2.75, 3.05) is 11.1 Å². The van der Waals surface area contributed by atoms with Gasteiger partial charge in [0.1, 0.15) is 5.75 Å². The molecule has 1 heterocycles. The van der Waals surface area contributed by atoms with Gasteiger partial charge in [0.2, 0.25) is 5.91 Å². The number of para-hydroxylation sites is 1. The maximum atomic E-state index is 12.4. The van der Waals surface area contributed by atoms with Crippen molar-refractivity contribution in [3.8, 4) is 5.75 Å². The van der Waals surface area contributed by atoms with E-state index in [9.17, 15) is 18.0 Å². The van der Waals surface area contributed by atoms with Gasteiger partial charge in [-0.2, -0.15) is 0 Å². The lowest BCUT2D eigenvalue weighted by Gasteiger charge is -2.10. The van der Waals surface area contributed by atoms with Gasteiger partial charge in [-0.15, -0.1) is 24.9 Å². The first-order valence-electron chi connectivity index (χ1n) is 10.2. The molecule has 0 aliphatic rings. The SMILES string of the molecule is Cc1ccccc1Cn1cc(SCC(=O)Nc2ccc(OC(F)(F)F)cc2)c2ccccc21. The van der Waals surface area contributed by atoms with Crippen molar-refractivity contribution in [3.63, 3.8) is 0 Å². The summed E-state index contributed by atoms with van der Waals surface area (Å²) in [6.07, 6.45) is -2.70. The number of nitrogens with zero attached hydrogens (tertiary/aromatic N) is 1. The Morgan fingerprint density at radius 1 is 1.00 bits per heavy atom. The lowest BCUT2D eigenvalue weighted by molar-refractivity contribution is -0.274. The number of hydrogen-bond donors (Lipinski definition) is 1. The van der Waals surface area contributed by atoms with Crippen molar-refractivity contribution in [3.05, 3.63) is 90.1 Å². The first-order valence-corrected chi connectivity index (χ1v) is 11.2. The minimum Gasteiger partial charge on any atom is -0.406 e. The molecule has 1 amide bonds. The van der Waals surface area contributed by atoms with Crippen LogP contribution in [0.1, 0.15) is 11.1 Å². The van der Waals surface area contributed by atoms with Gasteiger partial charge in [-0.05, 0) is 48.4 Å². The maximum Gasteiger partial charge on any atom is 0.573 e. The molecule has 4 rings (SSSR count). The molecule has 0 saturated carbocycles. The van der Waals surface area contributed by atoms with Crippen LogP contribution in [0.2, 0.25) is 0 Å². The van der Waals surface area contributed by atoms with Crippen molar-refractivity contribution < 1.29 is 22.7 Å². The Bertz CT molecular complexity index is 1270. The van der Waals surface area contributed by atoms with E-state index in [0.29, 0.717) is 5.69 Å². The zero-order valence-electron chi connectivity index (χ0n) is 17.7. The number of aryl methyl sites for hydroxylation is 1. The number of anilines is 1. The summed E-state index contributed by atoms with van der Waals surface area (Å²) in [4.78, 5) is 13.4. The summed E-state index contributed by atoms with van der Waals surface area (Å²) >= 11 is 1.42. The first kappa shape index (κ1) is 22.8. The van der Waals surface area contributed by atoms with Crippen LogP contribution in [-0.4, -0.2) is 22.6 Å². The quantitative estimate of drug-likeness (QED) is 0.309. The Morgan fingerprint density at radius 2 is 1.70 bits per heavy atom. The first-order chi connectivity index (χ1) is 15.8. The van der Waals surface area contributed by atoms with Gasteiger partial charge in [-0.1, -0.05) is 42.5 Å². The van der Waals surface area contributed by atoms with Crippen LogP contribution in [0.4, 0.5) is 18.9 Å². The number of benzene rings is 3. The van der Waals surface area contributed by atoms with Gasteiger partial charge in [0.25, 0.3) is 0 Å². The summed E-state index contributed by atoms with van der Waals surface area (Å²) in [6.45, 7) is 2.81. The van der Waals surface area contributed by atoms with E-state index in [1.165, 1.54) is 35.0 Å². The molecule has 0 spiro atoms. The van der Waals surface area contributed by atoms with E-state index in [4.69, 9.17) is 0 Å². The highest BCUT2D eigenvalue weighted by Gasteiger charge is 2.30. The number of amides is 1. The number of rotatable bonds is 7. The van der Waals surface area contributed by atoms with Gasteiger partial charge in [0.15, 0.2) is 0 Å². The second kappa shape index (κ2) is 9.62. The van der Waals surface area contributed by atoms with E-state index in [2.05, 4.69) is 45.9 Å². The summed E-state index contributed by atoms with van der Waals surface area (Å²) < 4.78 is 42.8. The highest BCUT2D eigenvalue weighted by molar-refractivity contribution is 8.00. The molecule has 0 atom stereocenters. The van der Waals surface area contributed by atoms with Gasteiger partial charge >= 0.3 is 6.36 Å². The Labute approximate surface area is 193 Å². The molecule has 4 nitrogen and oxygen atoms in total. The third-order valence-electron chi connectivity index (χ3n) is 5.08. The van der Waals surface area contributed by atoms with Crippen molar-refractivity contribution in [2.45, 2.75) is 24.7 Å². The highest BCUT2D eigenvalue weighted by Crippen LogP contribution is 2.31. The molecular formula is C25H21F3N2O2S. The predicted octanol–water partition coefficient (Wildman–Crippen LogP) is 6.63. The molecule has 3 aromatic carbocycles. The fraction of sp³-hybridized carbons (Fsp3) is 0.160. The second-order valence-electron chi connectivity index (χ2n) is 7.47. The molecule has 4 aromatic rings. The van der Waals surface area contributed by atoms with E-state index < -0.39 is 6.36 Å². The molecule has 0 bridgehead atoms. The molecule has 0 aliphatic carbocycles. The number of alkyl halides is 3. The number of carbonyl (C=O) groups excluding carboxylic acids is 1. The van der Waals surface area contributed by atoms with Gasteiger partial charge < -0.3 is 14.6 Å². The fourth-order valence-electron chi connectivity index (χ4n) is 3.51. The Kier molecular flexibility index (Phi) is 6.65. The van der Waals surface area contributed by atoms with Crippen molar-refractivity contribution >= 4 is 34.3 Å². The van der Waals surface area contributed by atoms with Crippen LogP contribution in [-0.2, 0) is 11.3 Å². The van der Waals surface area contributed by atoms with Gasteiger partial charge in [-0.3, -0.25) is 4.79 Å². The Hall–Kier alpha value is -3.39. The number of hydrogen-bond acceptors (Lipinski definition) is 3. The van der Waals surface area contributed by atoms with E-state index in [0.717, 1.165) is 34.5 Å². The van der Waals surface area contributed by atoms with E-state index in [-0.39, 0.29) is 17.4 Å². The third kappa shape index (κ3) is 5.90. The number of ether oxygens (including phenoxy) is 1. The number of carbonyl (C=O) groups is 1. The highest BCUT2D eigenvalue weighted by atomic mass is 32.2. The Morgan fingerprint density at radius 3 is 2.42 bits per heavy atom. The average Bonchev–Trinajstić information content (AvgIpc) is 3.12. The van der Waals surface area contributed by atoms with E-state index >= 15 is 0 Å². The molecule has 170 valence electrons. The predicted molar refractivity (Wildman–Crippen MR) is 125 cm³/mol. The molecule has 0 radical (unpaired) electrons. The molecule has 0 unspecified atom stereocenters. The van der Waals surface area contributed by atoms with Gasteiger partial charge in [-0.25, -0.2) is 0 Å². The maximum absolute atomic E-state index is 12.4. The normalized spacial score (nSPS) is 11.5. The monoisotopic (exact) mass is 470 g/mol. The Balaban J connectivity index is 1.43. The van der Waals surface area contributed by atoms with Crippen molar-refractivity contribution in [1.82, 2.24) is 4.57 Å². The summed E-state index contributed by atoms with van der Waals surface area (Å²) in [5.74, 6) is -0.421. The number of fused-ring (bicyclic) bond motifs is 1. The molecule has 0 fully saturated rings. The summed E-state index contributed by atoms with van der Waals surface area (Å²) in [5, 5.41) is 3.77. The smallest absolute Gasteiger partial charge is 0.406 e. The molecule has 0 aliphatic heterocycles. The minimum atomic E-state index is -4.75. The van der Waals surface area contributed by atoms with Crippen LogP contribution in [0.3, 0.4) is 0 Å². The summed E-state index contributed by atoms with van der Waals surface area (Å²) in [5.41, 5.74) is 3.93. The van der Waals surface area contributed by atoms with Crippen LogP contribution >= 0.6 is 11.8 Å². The molecule has 1 aromatic heterocycles. The lowest BCUT2D eigenvalue weighted by atomic mass is 10.1. The number of nitrogens with one attached hydrogen (secondary N) is 1. The topological polar surface area (TPSA) is 43.3 Å². The second-order valence-corrected chi connectivity index (χ2v) is 8.49. The standard InChI is InChI=1S/C25H21F3N2O2S/c1-17-6-2-3-7-18(17)14-30-15-23(21-8-4-5-9-22(21)30)33-16-24(31)29-19-10-12-20(13-11-19)32-25(26,27)28/h2-13,15H,14,16H2,1H3,(H,29,31). The molecule has 33 heavy (non-hydrogen) atoms. The molecule has 1 N–H and O–H groups in total. The van der Waals surface area contributed by atoms with Crippen LogP contribution < -0.4 is 10.1 Å². The van der Waals surface area contributed by atoms with Gasteiger partial charge in [0, 0.05) is 34.2 Å². The lowest BCUT2D eigenvalue weighted by Crippen LogP contribution is -2.17. The number of thioether (sulfide) groups is 1. The van der Waals surface area contributed by atoms with E-state index in [1.54, 1.807) is 0 Å². The van der Waals surface area contributed by atoms with Crippen molar-refractivity contribution in [2.24, 2.45) is 0 Å². The van der Waals surface area contributed by atoms with Gasteiger partial charge in [0.05, 0.1) is 5.75 Å². The van der Waals surface area contributed by atoms with Crippen LogP contribution in [0, 0.1) is 6.92 Å². The van der Waals surface area contributed by atoms with Crippen LogP contribution in [0.15, 0.2) is 83.9 Å². The van der Waals surface area contributed by atoms with Crippen LogP contribution in [0.5, 0.6) is 5.75 Å². The average molecular weight is 471 g/mol. The van der Waals surface area contributed by atoms with Crippen LogP contribution in [0.25, 0.3) is 10.9 Å². The summed E-state index contributed by atoms with van der Waals surface area (Å²) in [7, 11) is 0. The van der Waals surface area contributed by atoms with E-state index in [1.807, 2.05) is 30.3 Å². The molecule has 8 heteroatoms. The number of aromatic nitrogens is 1. The molecular weight excluding hydrogens is 449 g/mol. The third-order valence-corrected chi connectivity index (χ3v) is 6.13. The minimum absolute atomic E-state index is 0.166. The van der Waals surface area contributed by atoms with Crippen molar-refractivity contribution in [1.29, 1.82) is 0 Å². The zero-order valence-corrected chi connectivity index (χ0v) is 18.5.